The summed E-state index contributed by atoms with van der Waals surface area (Å²) >= 11 is 3.42. The van der Waals surface area contributed by atoms with Crippen LogP contribution in [0.15, 0.2) is 63.6 Å². The number of rotatable bonds is 4. The molecule has 2 heterocycles. The Morgan fingerprint density at radius 1 is 1.10 bits per heavy atom. The van der Waals surface area contributed by atoms with Crippen LogP contribution in [0.2, 0.25) is 0 Å². The van der Waals surface area contributed by atoms with Gasteiger partial charge < -0.3 is 9.73 Å². The van der Waals surface area contributed by atoms with Crippen LogP contribution in [-0.4, -0.2) is 20.7 Å². The molecule has 0 aliphatic carbocycles. The molecular formula is C22H19BrN4O2. The van der Waals surface area contributed by atoms with Crippen LogP contribution in [0.25, 0.3) is 17.1 Å². The number of benzene rings is 2. The second-order valence-electron chi connectivity index (χ2n) is 6.73. The summed E-state index contributed by atoms with van der Waals surface area (Å²) in [7, 11) is 0. The van der Waals surface area contributed by atoms with Crippen LogP contribution in [0.1, 0.15) is 27.5 Å². The summed E-state index contributed by atoms with van der Waals surface area (Å²) in [6.45, 7) is 5.65. The molecule has 0 spiro atoms. The summed E-state index contributed by atoms with van der Waals surface area (Å²) in [5.74, 6) is 1.10. The molecule has 7 heteroatoms. The molecule has 4 aromatic rings. The SMILES string of the molecule is Cc1nc(-c2cccc(NC(=O)c3cnn(-c4ccc(Br)cc4)c3C)c2)oc1C. The summed E-state index contributed by atoms with van der Waals surface area (Å²) in [4.78, 5) is 17.2. The first kappa shape index (κ1) is 19.1. The minimum absolute atomic E-state index is 0.220. The Morgan fingerprint density at radius 2 is 1.86 bits per heavy atom. The van der Waals surface area contributed by atoms with Gasteiger partial charge in [-0.05, 0) is 63.2 Å². The molecular weight excluding hydrogens is 432 g/mol. The zero-order chi connectivity index (χ0) is 20.5. The fraction of sp³-hybridized carbons (Fsp3) is 0.136. The van der Waals surface area contributed by atoms with Gasteiger partial charge in [0.25, 0.3) is 5.91 Å². The lowest BCUT2D eigenvalue weighted by Crippen LogP contribution is -2.13. The normalized spacial score (nSPS) is 10.9. The Bertz CT molecular complexity index is 1170. The largest absolute Gasteiger partial charge is 0.441 e. The van der Waals surface area contributed by atoms with Crippen molar-refractivity contribution in [2.75, 3.05) is 5.32 Å². The van der Waals surface area contributed by atoms with Gasteiger partial charge in [0.05, 0.1) is 28.8 Å². The fourth-order valence-corrected chi connectivity index (χ4v) is 3.26. The van der Waals surface area contributed by atoms with Crippen molar-refractivity contribution >= 4 is 27.5 Å². The van der Waals surface area contributed by atoms with Crippen molar-refractivity contribution in [2.45, 2.75) is 20.8 Å². The van der Waals surface area contributed by atoms with Gasteiger partial charge in [0, 0.05) is 15.7 Å². The molecule has 146 valence electrons. The molecule has 4 rings (SSSR count). The highest BCUT2D eigenvalue weighted by molar-refractivity contribution is 9.10. The van der Waals surface area contributed by atoms with E-state index in [9.17, 15) is 4.79 Å². The van der Waals surface area contributed by atoms with Crippen molar-refractivity contribution in [3.8, 4) is 17.1 Å². The predicted octanol–water partition coefficient (Wildman–Crippen LogP) is 5.47. The number of carbonyl (C=O) groups excluding carboxylic acids is 1. The molecule has 1 N–H and O–H groups in total. The number of hydrogen-bond donors (Lipinski definition) is 1. The number of aryl methyl sites for hydroxylation is 2. The smallest absolute Gasteiger partial charge is 0.259 e. The summed E-state index contributed by atoms with van der Waals surface area (Å²) in [6, 6.07) is 15.2. The van der Waals surface area contributed by atoms with E-state index in [4.69, 9.17) is 4.42 Å². The third kappa shape index (κ3) is 3.86. The van der Waals surface area contributed by atoms with Gasteiger partial charge in [0.15, 0.2) is 0 Å². The van der Waals surface area contributed by atoms with Crippen molar-refractivity contribution in [1.82, 2.24) is 14.8 Å². The van der Waals surface area contributed by atoms with Crippen LogP contribution in [-0.2, 0) is 0 Å². The minimum Gasteiger partial charge on any atom is -0.441 e. The molecule has 0 unspecified atom stereocenters. The van der Waals surface area contributed by atoms with Crippen LogP contribution in [0, 0.1) is 20.8 Å². The fourth-order valence-electron chi connectivity index (χ4n) is 3.00. The molecule has 0 fully saturated rings. The van der Waals surface area contributed by atoms with Crippen molar-refractivity contribution in [3.63, 3.8) is 0 Å². The number of nitrogens with one attached hydrogen (secondary N) is 1. The minimum atomic E-state index is -0.220. The number of nitrogens with zero attached hydrogens (tertiary/aromatic N) is 3. The van der Waals surface area contributed by atoms with Gasteiger partial charge in [-0.2, -0.15) is 5.10 Å². The Morgan fingerprint density at radius 3 is 2.55 bits per heavy atom. The molecule has 0 aliphatic rings. The maximum absolute atomic E-state index is 12.8. The molecule has 2 aromatic carbocycles. The number of carbonyl (C=O) groups is 1. The molecule has 0 radical (unpaired) electrons. The lowest BCUT2D eigenvalue weighted by atomic mass is 10.2. The molecule has 0 saturated heterocycles. The van der Waals surface area contributed by atoms with Gasteiger partial charge >= 0.3 is 0 Å². The highest BCUT2D eigenvalue weighted by Gasteiger charge is 2.16. The standard InChI is InChI=1S/C22H19BrN4O2/c1-13-15(3)29-22(25-13)16-5-4-6-18(11-16)26-21(28)20-12-24-27(14(20)2)19-9-7-17(23)8-10-19/h4-12H,1-3H3,(H,26,28). The molecule has 29 heavy (non-hydrogen) atoms. The van der Waals surface area contributed by atoms with E-state index in [-0.39, 0.29) is 5.91 Å². The number of amides is 1. The van der Waals surface area contributed by atoms with E-state index in [1.807, 2.05) is 69.3 Å². The monoisotopic (exact) mass is 450 g/mol. The summed E-state index contributed by atoms with van der Waals surface area (Å²) in [5.41, 5.74) is 4.49. The third-order valence-electron chi connectivity index (χ3n) is 4.72. The van der Waals surface area contributed by atoms with Crippen LogP contribution in [0.4, 0.5) is 5.69 Å². The number of anilines is 1. The first-order valence-corrected chi connectivity index (χ1v) is 9.88. The average molecular weight is 451 g/mol. The molecule has 0 saturated carbocycles. The number of hydrogen-bond acceptors (Lipinski definition) is 4. The van der Waals surface area contributed by atoms with Gasteiger partial charge in [-0.3, -0.25) is 4.79 Å². The summed E-state index contributed by atoms with van der Waals surface area (Å²) in [6.07, 6.45) is 1.58. The number of halogens is 1. The lowest BCUT2D eigenvalue weighted by Gasteiger charge is -2.07. The van der Waals surface area contributed by atoms with Gasteiger partial charge in [-0.25, -0.2) is 9.67 Å². The van der Waals surface area contributed by atoms with E-state index >= 15 is 0 Å². The second-order valence-corrected chi connectivity index (χ2v) is 7.64. The van der Waals surface area contributed by atoms with Crippen LogP contribution in [0.3, 0.4) is 0 Å². The Balaban J connectivity index is 1.57. The molecule has 0 bridgehead atoms. The van der Waals surface area contributed by atoms with E-state index in [1.54, 1.807) is 10.9 Å². The van der Waals surface area contributed by atoms with Gasteiger partial charge in [-0.15, -0.1) is 0 Å². The van der Waals surface area contributed by atoms with Crippen molar-refractivity contribution < 1.29 is 9.21 Å². The topological polar surface area (TPSA) is 73.0 Å². The first-order valence-electron chi connectivity index (χ1n) is 9.09. The number of aromatic nitrogens is 3. The Kier molecular flexibility index (Phi) is 5.07. The maximum Gasteiger partial charge on any atom is 0.259 e. The average Bonchev–Trinajstić information content (AvgIpc) is 3.25. The van der Waals surface area contributed by atoms with Gasteiger partial charge in [0.1, 0.15) is 5.76 Å². The second kappa shape index (κ2) is 7.67. The molecule has 2 aromatic heterocycles. The highest BCUT2D eigenvalue weighted by Crippen LogP contribution is 2.25. The zero-order valence-corrected chi connectivity index (χ0v) is 17.8. The molecule has 6 nitrogen and oxygen atoms in total. The summed E-state index contributed by atoms with van der Waals surface area (Å²) < 4.78 is 8.42. The first-order chi connectivity index (χ1) is 13.9. The van der Waals surface area contributed by atoms with Crippen molar-refractivity contribution in [2.24, 2.45) is 0 Å². The quantitative estimate of drug-likeness (QED) is 0.447. The zero-order valence-electron chi connectivity index (χ0n) is 16.2. The highest BCUT2D eigenvalue weighted by atomic mass is 79.9. The van der Waals surface area contributed by atoms with E-state index in [2.05, 4.69) is 31.3 Å². The van der Waals surface area contributed by atoms with E-state index in [0.29, 0.717) is 17.1 Å². The van der Waals surface area contributed by atoms with E-state index in [0.717, 1.165) is 32.9 Å². The lowest BCUT2D eigenvalue weighted by molar-refractivity contribution is 0.102. The van der Waals surface area contributed by atoms with E-state index in [1.165, 1.54) is 0 Å². The van der Waals surface area contributed by atoms with Gasteiger partial charge in [0.2, 0.25) is 5.89 Å². The van der Waals surface area contributed by atoms with Crippen molar-refractivity contribution in [1.29, 1.82) is 0 Å². The van der Waals surface area contributed by atoms with E-state index < -0.39 is 0 Å². The predicted molar refractivity (Wildman–Crippen MR) is 115 cm³/mol. The third-order valence-corrected chi connectivity index (χ3v) is 5.25. The van der Waals surface area contributed by atoms with Crippen LogP contribution < -0.4 is 5.32 Å². The Hall–Kier alpha value is -3.19. The van der Waals surface area contributed by atoms with Crippen molar-refractivity contribution in [3.05, 3.63) is 81.9 Å². The molecule has 0 atom stereocenters. The molecule has 1 amide bonds. The summed E-state index contributed by atoms with van der Waals surface area (Å²) in [5, 5.41) is 7.31. The van der Waals surface area contributed by atoms with Crippen LogP contribution >= 0.6 is 15.9 Å². The maximum atomic E-state index is 12.8. The Labute approximate surface area is 176 Å². The molecule has 0 aliphatic heterocycles. The number of oxazole rings is 1. The van der Waals surface area contributed by atoms with Gasteiger partial charge in [-0.1, -0.05) is 22.0 Å². The van der Waals surface area contributed by atoms with Crippen LogP contribution in [0.5, 0.6) is 0 Å².